The van der Waals surface area contributed by atoms with Crippen LogP contribution in [0.15, 0.2) is 64.0 Å². The number of fused-ring (bicyclic) bond motifs is 14. The van der Waals surface area contributed by atoms with Crippen LogP contribution in [0.5, 0.6) is 0 Å². The van der Waals surface area contributed by atoms with Crippen LogP contribution in [-0.2, 0) is 35.2 Å². The van der Waals surface area contributed by atoms with E-state index in [2.05, 4.69) is 51.6 Å². The van der Waals surface area contributed by atoms with Gasteiger partial charge in [-0.3, -0.25) is 34.1 Å². The first-order valence-electron chi connectivity index (χ1n) is 25.4. The number of hydrogen-bond donors (Lipinski definition) is 7. The summed E-state index contributed by atoms with van der Waals surface area (Å²) in [6.07, 6.45) is -1.92. The number of hydrogen-bond acceptors (Lipinski definition) is 24. The minimum absolute atomic E-state index is 0.000924. The summed E-state index contributed by atoms with van der Waals surface area (Å²) < 4.78 is 15.3. The van der Waals surface area contributed by atoms with Crippen LogP contribution < -0.4 is 31.9 Å². The van der Waals surface area contributed by atoms with Crippen molar-refractivity contribution in [1.82, 2.24) is 61.5 Å². The predicted molar refractivity (Wildman–Crippen MR) is 313 cm³/mol. The zero-order valence-electron chi connectivity index (χ0n) is 45.1. The second kappa shape index (κ2) is 27.0. The van der Waals surface area contributed by atoms with Crippen molar-refractivity contribution in [3.05, 3.63) is 111 Å². The number of aromatic nitrogens is 7. The fourth-order valence-corrected chi connectivity index (χ4v) is 13.8. The largest absolute Gasteiger partial charge is 0.469 e. The number of carbonyl (C=O) groups excluding carboxylic acids is 7. The summed E-state index contributed by atoms with van der Waals surface area (Å²) in [5, 5.41) is 37.5. The molecule has 0 fully saturated rings. The molecule has 1 unspecified atom stereocenters. The van der Waals surface area contributed by atoms with E-state index < -0.39 is 72.4 Å². The minimum atomic E-state index is -1.28. The van der Waals surface area contributed by atoms with E-state index in [0.29, 0.717) is 68.7 Å². The second-order valence-electron chi connectivity index (χ2n) is 18.6. The number of nitrogens with one attached hydrogen (secondary N) is 6. The average Bonchev–Trinajstić information content (AvgIpc) is 4.32. The van der Waals surface area contributed by atoms with Crippen LogP contribution in [0.3, 0.4) is 0 Å². The number of carbonyl (C=O) groups is 7. The highest BCUT2D eigenvalue weighted by atomic mass is 32.1. The third-order valence-electron chi connectivity index (χ3n) is 12.5. The number of pyridine rings is 1. The number of aliphatic hydroxyl groups is 1. The Morgan fingerprint density at radius 2 is 1.43 bits per heavy atom. The molecule has 30 heteroatoms. The molecule has 9 rings (SSSR count). The summed E-state index contributed by atoms with van der Waals surface area (Å²) in [6.45, 7) is 4.92. The Bertz CT molecular complexity index is 3690. The number of nitrogens with zero attached hydrogens (tertiary/aromatic N) is 7. The number of benzene rings is 1. The number of ether oxygens (including phenoxy) is 3. The van der Waals surface area contributed by atoms with E-state index in [4.69, 9.17) is 29.4 Å². The van der Waals surface area contributed by atoms with Crippen molar-refractivity contribution in [1.29, 1.82) is 0 Å². The molecule has 8 heterocycles. The summed E-state index contributed by atoms with van der Waals surface area (Å²) in [7, 11) is 4.21. The number of methoxy groups -OCH3 is 2. The molecule has 432 valence electrons. The Morgan fingerprint density at radius 1 is 0.711 bits per heavy atom. The number of anilines is 1. The molecule has 0 saturated carbocycles. The molecule has 6 amide bonds. The number of thiazole rings is 6. The van der Waals surface area contributed by atoms with E-state index in [-0.39, 0.29) is 66.3 Å². The van der Waals surface area contributed by atoms with Crippen molar-refractivity contribution in [2.45, 2.75) is 70.9 Å². The maximum atomic E-state index is 14.3. The lowest BCUT2D eigenvalue weighted by atomic mass is 10.0. The van der Waals surface area contributed by atoms with Crippen molar-refractivity contribution in [3.8, 4) is 43.4 Å². The van der Waals surface area contributed by atoms with Crippen molar-refractivity contribution >= 4 is 115 Å². The van der Waals surface area contributed by atoms with Gasteiger partial charge in [-0.25, -0.2) is 39.7 Å². The van der Waals surface area contributed by atoms with E-state index in [1.54, 1.807) is 70.9 Å². The maximum absolute atomic E-state index is 14.3. The van der Waals surface area contributed by atoms with Crippen molar-refractivity contribution in [2.24, 2.45) is 5.92 Å². The molecule has 10 bridgehead atoms. The van der Waals surface area contributed by atoms with Gasteiger partial charge in [-0.2, -0.15) is 0 Å². The van der Waals surface area contributed by atoms with E-state index in [9.17, 15) is 38.7 Å². The van der Waals surface area contributed by atoms with E-state index >= 15 is 0 Å². The van der Waals surface area contributed by atoms with Gasteiger partial charge in [0.25, 0.3) is 17.7 Å². The number of aliphatic hydroxyl groups excluding tert-OH is 1. The highest BCUT2D eigenvalue weighted by Gasteiger charge is 2.33. The molecule has 7 aromatic heterocycles. The summed E-state index contributed by atoms with van der Waals surface area (Å²) in [5.41, 5.74) is 2.60. The summed E-state index contributed by atoms with van der Waals surface area (Å²) in [6, 6.07) is 9.41. The van der Waals surface area contributed by atoms with Crippen LogP contribution in [0.1, 0.15) is 119 Å². The zero-order valence-corrected chi connectivity index (χ0v) is 50.0. The zero-order chi connectivity index (χ0) is 58.9. The molecule has 4 atom stereocenters. The molecule has 1 aliphatic rings. The van der Waals surface area contributed by atoms with Gasteiger partial charge in [0.1, 0.15) is 82.2 Å². The lowest BCUT2D eigenvalue weighted by Gasteiger charge is -2.23. The van der Waals surface area contributed by atoms with Gasteiger partial charge in [0, 0.05) is 52.5 Å². The van der Waals surface area contributed by atoms with Crippen molar-refractivity contribution < 1.29 is 52.9 Å². The molecular weight excluding hydrogens is 1190 g/mol. The second-order valence-corrected chi connectivity index (χ2v) is 24.4. The van der Waals surface area contributed by atoms with Crippen LogP contribution >= 0.6 is 68.0 Å². The topological polar surface area (TPSA) is 330 Å². The summed E-state index contributed by atoms with van der Waals surface area (Å²) in [4.78, 5) is 128. The number of rotatable bonds is 13. The highest BCUT2D eigenvalue weighted by molar-refractivity contribution is 7.15. The fraction of sp³-hybridized carbons (Fsp3) is 0.321. The van der Waals surface area contributed by atoms with E-state index in [0.717, 1.165) is 22.7 Å². The Kier molecular flexibility index (Phi) is 19.5. The van der Waals surface area contributed by atoms with E-state index in [1.165, 1.54) is 66.6 Å². The van der Waals surface area contributed by atoms with Gasteiger partial charge in [0.2, 0.25) is 11.8 Å². The van der Waals surface area contributed by atoms with Gasteiger partial charge in [-0.15, -0.1) is 68.0 Å². The van der Waals surface area contributed by atoms with Gasteiger partial charge >= 0.3 is 12.1 Å². The van der Waals surface area contributed by atoms with Crippen molar-refractivity contribution in [3.63, 3.8) is 0 Å². The third kappa shape index (κ3) is 14.3. The molecule has 24 nitrogen and oxygen atoms in total. The maximum Gasteiger partial charge on any atom is 0.412 e. The summed E-state index contributed by atoms with van der Waals surface area (Å²) in [5.74, 6) is -3.39. The molecule has 0 saturated heterocycles. The fourth-order valence-electron chi connectivity index (χ4n) is 8.27. The Morgan fingerprint density at radius 3 is 2.19 bits per heavy atom. The van der Waals surface area contributed by atoms with Gasteiger partial charge in [0.05, 0.1) is 55.9 Å². The SMILES string of the molecule is CNC(=O)C[C@@H]1NC(=O)c2csc(n2)-c2ccc(-c3nc(NC(=O)OCCCC(=O)OC)cs3)nc2-c2csc(n2)-c2csc(n2)[C@H]([C@@H](O)c2ccccc2)NC(=O)CNC(=O)c2nc(sc2COC)C(C(C)C)NC(=O)c2nc1sc2C. The number of amides is 6. The molecule has 0 radical (unpaired) electrons. The Hall–Kier alpha value is -7.84. The molecule has 8 aromatic rings. The average molecular weight is 1240 g/mol. The first-order valence-corrected chi connectivity index (χ1v) is 30.6. The highest BCUT2D eigenvalue weighted by Crippen LogP contribution is 2.40. The van der Waals surface area contributed by atoms with Gasteiger partial charge < -0.3 is 45.9 Å². The molecule has 1 aliphatic heterocycles. The standard InChI is InChI=1S/C53H53N13O11S6/c1-24(2)38-52-66-41(33(83-52)19-75-5)45(72)55-18-36(68)63-42(43(70)26-11-8-7-9-12-26)51-60-32(22-80-51)49-58-30(20-79-49)40-27(14-15-28(56-40)48-61-34(23-81-48)62-53(74)77-16-10-13-37(69)76-6)47-59-31(21-78-47)44(71)57-29(17-35(67)54-4)50-65-39(25(3)82-50)46(73)64-38/h7-9,11-12,14-15,20-24,29,38,42-43,70H,10,13,16-19H2,1-6H3,(H,54,67)(H,55,72)(H,57,71)(H,62,74)(H,63,68)(H,64,73)/t29-,38?,42-,43-/m0/s1. The summed E-state index contributed by atoms with van der Waals surface area (Å²) >= 11 is 7.10. The number of esters is 1. The van der Waals surface area contributed by atoms with Crippen LogP contribution in [0.25, 0.3) is 43.4 Å². The molecule has 0 aliphatic carbocycles. The smallest absolute Gasteiger partial charge is 0.412 e. The first-order chi connectivity index (χ1) is 40.0. The quantitative estimate of drug-likeness (QED) is 0.0427. The normalized spacial score (nSPS) is 16.2. The predicted octanol–water partition coefficient (Wildman–Crippen LogP) is 7.81. The van der Waals surface area contributed by atoms with Crippen LogP contribution in [0, 0.1) is 12.8 Å². The first kappa shape index (κ1) is 59.8. The monoisotopic (exact) mass is 1240 g/mol. The third-order valence-corrected chi connectivity index (χ3v) is 18.2. The molecule has 83 heavy (non-hydrogen) atoms. The van der Waals surface area contributed by atoms with Crippen LogP contribution in [-0.4, -0.2) is 116 Å². The van der Waals surface area contributed by atoms with Crippen LogP contribution in [0.2, 0.25) is 0 Å². The molecule has 0 spiro atoms. The number of aryl methyl sites for hydroxylation is 1. The van der Waals surface area contributed by atoms with E-state index in [1.807, 2.05) is 13.8 Å². The molecule has 7 N–H and O–H groups in total. The van der Waals surface area contributed by atoms with Gasteiger partial charge in [-0.1, -0.05) is 44.2 Å². The van der Waals surface area contributed by atoms with Gasteiger partial charge in [-0.05, 0) is 37.0 Å². The minimum Gasteiger partial charge on any atom is -0.469 e. The lowest BCUT2D eigenvalue weighted by Crippen LogP contribution is -2.40. The Balaban J connectivity index is 1.10. The molecule has 1 aromatic carbocycles. The van der Waals surface area contributed by atoms with Gasteiger partial charge in [0.15, 0.2) is 0 Å². The Labute approximate surface area is 498 Å². The molecular formula is C53H53N13O11S6. The van der Waals surface area contributed by atoms with Crippen LogP contribution in [0.4, 0.5) is 10.6 Å². The van der Waals surface area contributed by atoms with Crippen molar-refractivity contribution in [2.75, 3.05) is 39.7 Å². The lowest BCUT2D eigenvalue weighted by molar-refractivity contribution is -0.141.